The van der Waals surface area contributed by atoms with Crippen molar-refractivity contribution < 1.29 is 0 Å². The summed E-state index contributed by atoms with van der Waals surface area (Å²) in [6.07, 6.45) is 11.3. The van der Waals surface area contributed by atoms with Crippen LogP contribution in [0.2, 0.25) is 0 Å². The summed E-state index contributed by atoms with van der Waals surface area (Å²) in [5.41, 5.74) is 17.8. The maximum absolute atomic E-state index is 4.17. The highest BCUT2D eigenvalue weighted by molar-refractivity contribution is 5.97. The van der Waals surface area contributed by atoms with Gasteiger partial charge in [-0.25, -0.2) is 0 Å². The third-order valence-corrected chi connectivity index (χ3v) is 8.87. The van der Waals surface area contributed by atoms with Crippen LogP contribution in [0.5, 0.6) is 0 Å². The molecule has 0 spiro atoms. The summed E-state index contributed by atoms with van der Waals surface area (Å²) >= 11 is 0. The molecular formula is C33H34. The van der Waals surface area contributed by atoms with Crippen LogP contribution in [0.1, 0.15) is 82.6 Å². The summed E-state index contributed by atoms with van der Waals surface area (Å²) in [6.45, 7) is 16.2. The molecule has 0 fully saturated rings. The van der Waals surface area contributed by atoms with Gasteiger partial charge in [-0.05, 0) is 100 Å². The lowest BCUT2D eigenvalue weighted by Crippen LogP contribution is -2.19. The van der Waals surface area contributed by atoms with Gasteiger partial charge in [0.05, 0.1) is 0 Å². The molecule has 0 amide bonds. The summed E-state index contributed by atoms with van der Waals surface area (Å²) in [5.74, 6) is 0. The van der Waals surface area contributed by atoms with E-state index in [1.165, 1.54) is 61.2 Å². The lowest BCUT2D eigenvalue weighted by atomic mass is 9.74. The number of allylic oxidation sites excluding steroid dienone is 9. The largest absolute Gasteiger partial charge is 0.0988 e. The van der Waals surface area contributed by atoms with Crippen LogP contribution < -0.4 is 0 Å². The van der Waals surface area contributed by atoms with Crippen LogP contribution in [0.4, 0.5) is 0 Å². The minimum Gasteiger partial charge on any atom is -0.0988 e. The highest BCUT2D eigenvalue weighted by atomic mass is 14.5. The van der Waals surface area contributed by atoms with Gasteiger partial charge in [-0.3, -0.25) is 0 Å². The normalized spacial score (nSPS) is 21.7. The maximum atomic E-state index is 4.17. The van der Waals surface area contributed by atoms with Crippen molar-refractivity contribution in [1.82, 2.24) is 0 Å². The fourth-order valence-corrected chi connectivity index (χ4v) is 6.99. The van der Waals surface area contributed by atoms with E-state index >= 15 is 0 Å². The molecule has 6 rings (SSSR count). The first-order valence-electron chi connectivity index (χ1n) is 12.5. The van der Waals surface area contributed by atoms with Crippen molar-refractivity contribution in [3.8, 4) is 11.1 Å². The van der Waals surface area contributed by atoms with Crippen LogP contribution in [-0.2, 0) is 10.8 Å². The van der Waals surface area contributed by atoms with Gasteiger partial charge in [0.15, 0.2) is 0 Å². The second-order valence-electron chi connectivity index (χ2n) is 11.3. The van der Waals surface area contributed by atoms with Crippen molar-refractivity contribution in [3.63, 3.8) is 0 Å². The van der Waals surface area contributed by atoms with E-state index in [2.05, 4.69) is 95.8 Å². The van der Waals surface area contributed by atoms with Gasteiger partial charge in [0.25, 0.3) is 0 Å². The topological polar surface area (TPSA) is 0 Å². The molecule has 2 aromatic rings. The fraction of sp³-hybridized carbons (Fsp3) is 0.333. The molecule has 0 atom stereocenters. The summed E-state index contributed by atoms with van der Waals surface area (Å²) in [4.78, 5) is 0. The molecule has 0 heteroatoms. The lowest BCUT2D eigenvalue weighted by Gasteiger charge is -2.30. The Morgan fingerprint density at radius 2 is 1.52 bits per heavy atom. The van der Waals surface area contributed by atoms with Crippen molar-refractivity contribution in [2.75, 3.05) is 0 Å². The van der Waals surface area contributed by atoms with Gasteiger partial charge in [-0.1, -0.05) is 87.9 Å². The highest BCUT2D eigenvalue weighted by Gasteiger charge is 2.44. The standard InChI is InChI=1S/C33H34/c1-7-21-12-8-9-13-22(21)30-20(2)16-17-27-31(30)25-19-28-24(18-29(25)33(27,5)6)23-14-10-11-15-26(23)32(28,3)4/h7,9-11,13-15,18-19H,1,8,12,16-17H2,2-6H3. The van der Waals surface area contributed by atoms with Crippen molar-refractivity contribution in [1.29, 1.82) is 0 Å². The molecule has 0 saturated carbocycles. The van der Waals surface area contributed by atoms with Gasteiger partial charge in [0.1, 0.15) is 0 Å². The Morgan fingerprint density at radius 3 is 2.30 bits per heavy atom. The summed E-state index contributed by atoms with van der Waals surface area (Å²) in [6, 6.07) is 14.1. The van der Waals surface area contributed by atoms with E-state index in [1.54, 1.807) is 5.57 Å². The molecule has 33 heavy (non-hydrogen) atoms. The first-order chi connectivity index (χ1) is 15.8. The Morgan fingerprint density at radius 1 is 0.788 bits per heavy atom. The minimum atomic E-state index is 0.0261. The first-order valence-corrected chi connectivity index (χ1v) is 12.5. The lowest BCUT2D eigenvalue weighted by molar-refractivity contribution is 0.602. The van der Waals surface area contributed by atoms with E-state index in [1.807, 2.05) is 0 Å². The molecule has 2 aromatic carbocycles. The molecule has 0 aliphatic heterocycles. The molecule has 0 unspecified atom stereocenters. The van der Waals surface area contributed by atoms with E-state index in [0.717, 1.165) is 25.7 Å². The first kappa shape index (κ1) is 20.7. The Bertz CT molecular complexity index is 1360. The summed E-state index contributed by atoms with van der Waals surface area (Å²) < 4.78 is 0. The van der Waals surface area contributed by atoms with E-state index in [-0.39, 0.29) is 10.8 Å². The van der Waals surface area contributed by atoms with Gasteiger partial charge >= 0.3 is 0 Å². The Balaban J connectivity index is 1.64. The van der Waals surface area contributed by atoms with Gasteiger partial charge in [-0.2, -0.15) is 0 Å². The quantitative estimate of drug-likeness (QED) is 0.446. The van der Waals surface area contributed by atoms with Crippen LogP contribution in [0.3, 0.4) is 0 Å². The van der Waals surface area contributed by atoms with Crippen LogP contribution in [0, 0.1) is 0 Å². The molecule has 0 aromatic heterocycles. The average molecular weight is 431 g/mol. The zero-order valence-corrected chi connectivity index (χ0v) is 20.7. The maximum Gasteiger partial charge on any atom is 0.0159 e. The molecule has 0 radical (unpaired) electrons. The van der Waals surface area contributed by atoms with Gasteiger partial charge < -0.3 is 0 Å². The molecular weight excluding hydrogens is 396 g/mol. The average Bonchev–Trinajstić information content (AvgIpc) is 3.18. The van der Waals surface area contributed by atoms with Crippen molar-refractivity contribution in [2.24, 2.45) is 0 Å². The summed E-state index contributed by atoms with van der Waals surface area (Å²) in [5, 5.41) is 0. The van der Waals surface area contributed by atoms with E-state index < -0.39 is 0 Å². The molecule has 0 N–H and O–H groups in total. The molecule has 166 valence electrons. The SMILES string of the molecule is C=CC1=C(C2=C(C)CCC3=C2c2cc4c(cc2C3(C)C)-c2ccccc2C4(C)C)C=CCC1. The van der Waals surface area contributed by atoms with Crippen molar-refractivity contribution in [2.45, 2.75) is 71.1 Å². The Kier molecular flexibility index (Phi) is 4.29. The minimum absolute atomic E-state index is 0.0261. The smallest absolute Gasteiger partial charge is 0.0159 e. The molecule has 4 aliphatic rings. The predicted molar refractivity (Wildman–Crippen MR) is 141 cm³/mol. The second kappa shape index (κ2) is 6.83. The van der Waals surface area contributed by atoms with E-state index in [0.29, 0.717) is 0 Å². The monoisotopic (exact) mass is 430 g/mol. The van der Waals surface area contributed by atoms with Gasteiger partial charge in [0.2, 0.25) is 0 Å². The number of hydrogen-bond acceptors (Lipinski definition) is 0. The highest BCUT2D eigenvalue weighted by Crippen LogP contribution is 2.59. The van der Waals surface area contributed by atoms with Crippen LogP contribution in [0.25, 0.3) is 16.7 Å². The van der Waals surface area contributed by atoms with Gasteiger partial charge in [0, 0.05) is 10.8 Å². The van der Waals surface area contributed by atoms with Crippen LogP contribution >= 0.6 is 0 Å². The van der Waals surface area contributed by atoms with Gasteiger partial charge in [-0.15, -0.1) is 0 Å². The summed E-state index contributed by atoms with van der Waals surface area (Å²) in [7, 11) is 0. The number of benzene rings is 2. The van der Waals surface area contributed by atoms with Crippen molar-refractivity contribution in [3.05, 3.63) is 111 Å². The van der Waals surface area contributed by atoms with Crippen molar-refractivity contribution >= 4 is 5.57 Å². The zero-order chi connectivity index (χ0) is 23.1. The third-order valence-electron chi connectivity index (χ3n) is 8.87. The third kappa shape index (κ3) is 2.64. The molecule has 4 aliphatic carbocycles. The van der Waals surface area contributed by atoms with Crippen LogP contribution in [-0.4, -0.2) is 0 Å². The van der Waals surface area contributed by atoms with E-state index in [4.69, 9.17) is 0 Å². The Labute approximate surface area is 199 Å². The number of fused-ring (bicyclic) bond motifs is 5. The van der Waals surface area contributed by atoms with E-state index in [9.17, 15) is 0 Å². The second-order valence-corrected chi connectivity index (χ2v) is 11.3. The molecule has 0 saturated heterocycles. The van der Waals surface area contributed by atoms with Crippen LogP contribution in [0.15, 0.2) is 89.1 Å². The molecule has 0 heterocycles. The Hall–Kier alpha value is -2.86. The zero-order valence-electron chi connectivity index (χ0n) is 20.7. The predicted octanol–water partition coefficient (Wildman–Crippen LogP) is 8.98. The molecule has 0 nitrogen and oxygen atoms in total. The number of hydrogen-bond donors (Lipinski definition) is 0. The molecule has 0 bridgehead atoms. The fourth-order valence-electron chi connectivity index (χ4n) is 6.99. The number of rotatable bonds is 2.